The SMILES string of the molecule is Cn1ccnc1C(=O)Nc1nc2c(Br)cccc2s1. The lowest BCUT2D eigenvalue weighted by Crippen LogP contribution is -2.16. The molecular weight excluding hydrogens is 328 g/mol. The zero-order chi connectivity index (χ0) is 13.4. The summed E-state index contributed by atoms with van der Waals surface area (Å²) in [6.45, 7) is 0. The van der Waals surface area contributed by atoms with Crippen LogP contribution >= 0.6 is 27.3 Å². The Morgan fingerprint density at radius 1 is 1.47 bits per heavy atom. The lowest BCUT2D eigenvalue weighted by molar-refractivity contribution is 0.101. The van der Waals surface area contributed by atoms with Crippen molar-refractivity contribution >= 4 is 48.5 Å². The van der Waals surface area contributed by atoms with Crippen LogP contribution in [0.25, 0.3) is 10.2 Å². The van der Waals surface area contributed by atoms with E-state index in [2.05, 4.69) is 31.2 Å². The molecule has 19 heavy (non-hydrogen) atoms. The van der Waals surface area contributed by atoms with E-state index in [1.165, 1.54) is 11.3 Å². The molecule has 0 radical (unpaired) electrons. The molecule has 3 aromatic rings. The summed E-state index contributed by atoms with van der Waals surface area (Å²) < 4.78 is 3.60. The van der Waals surface area contributed by atoms with Gasteiger partial charge in [0.2, 0.25) is 0 Å². The quantitative estimate of drug-likeness (QED) is 0.782. The van der Waals surface area contributed by atoms with Gasteiger partial charge in [-0.3, -0.25) is 10.1 Å². The van der Waals surface area contributed by atoms with Gasteiger partial charge in [0.1, 0.15) is 0 Å². The number of rotatable bonds is 2. The van der Waals surface area contributed by atoms with Crippen LogP contribution in [0.3, 0.4) is 0 Å². The van der Waals surface area contributed by atoms with Crippen molar-refractivity contribution in [3.63, 3.8) is 0 Å². The number of anilines is 1. The number of thiazole rings is 1. The van der Waals surface area contributed by atoms with Crippen molar-refractivity contribution < 1.29 is 4.79 Å². The van der Waals surface area contributed by atoms with E-state index in [9.17, 15) is 4.79 Å². The summed E-state index contributed by atoms with van der Waals surface area (Å²) in [6.07, 6.45) is 3.31. The summed E-state index contributed by atoms with van der Waals surface area (Å²) in [7, 11) is 1.77. The number of benzene rings is 1. The molecule has 0 spiro atoms. The summed E-state index contributed by atoms with van der Waals surface area (Å²) in [5, 5.41) is 3.33. The van der Waals surface area contributed by atoms with Crippen LogP contribution in [0.4, 0.5) is 5.13 Å². The summed E-state index contributed by atoms with van der Waals surface area (Å²) in [5.41, 5.74) is 0.850. The van der Waals surface area contributed by atoms with Crippen molar-refractivity contribution in [2.24, 2.45) is 7.05 Å². The van der Waals surface area contributed by atoms with Gasteiger partial charge in [0.25, 0.3) is 5.91 Å². The van der Waals surface area contributed by atoms with E-state index >= 15 is 0 Å². The number of hydrogen-bond acceptors (Lipinski definition) is 4. The van der Waals surface area contributed by atoms with E-state index in [0.29, 0.717) is 11.0 Å². The second-order valence-electron chi connectivity index (χ2n) is 3.92. The highest BCUT2D eigenvalue weighted by molar-refractivity contribution is 9.10. The number of nitrogens with one attached hydrogen (secondary N) is 1. The highest BCUT2D eigenvalue weighted by Gasteiger charge is 2.14. The van der Waals surface area contributed by atoms with Crippen LogP contribution in [-0.2, 0) is 7.05 Å². The molecule has 0 aliphatic heterocycles. The maximum absolute atomic E-state index is 12.0. The molecular formula is C12H9BrN4OS. The molecule has 2 aromatic heterocycles. The molecule has 0 saturated carbocycles. The molecule has 5 nitrogen and oxygen atoms in total. The van der Waals surface area contributed by atoms with Crippen molar-refractivity contribution in [1.82, 2.24) is 14.5 Å². The van der Waals surface area contributed by atoms with Gasteiger partial charge in [-0.25, -0.2) is 9.97 Å². The van der Waals surface area contributed by atoms with Gasteiger partial charge in [0.05, 0.1) is 10.2 Å². The minimum absolute atomic E-state index is 0.261. The third kappa shape index (κ3) is 2.26. The predicted molar refractivity (Wildman–Crippen MR) is 78.5 cm³/mol. The molecule has 1 amide bonds. The molecule has 1 aromatic carbocycles. The number of hydrogen-bond donors (Lipinski definition) is 1. The molecule has 0 bridgehead atoms. The first-order chi connectivity index (χ1) is 9.15. The monoisotopic (exact) mass is 336 g/mol. The Morgan fingerprint density at radius 2 is 2.32 bits per heavy atom. The van der Waals surface area contributed by atoms with Crippen molar-refractivity contribution in [1.29, 1.82) is 0 Å². The summed E-state index contributed by atoms with van der Waals surface area (Å²) in [4.78, 5) is 20.4. The molecule has 0 saturated heterocycles. The molecule has 0 atom stereocenters. The van der Waals surface area contributed by atoms with Crippen molar-refractivity contribution in [3.8, 4) is 0 Å². The molecule has 2 heterocycles. The van der Waals surface area contributed by atoms with E-state index in [4.69, 9.17) is 0 Å². The third-order valence-corrected chi connectivity index (χ3v) is 4.19. The molecule has 0 fully saturated rings. The van der Waals surface area contributed by atoms with Crippen LogP contribution in [0.1, 0.15) is 10.6 Å². The number of fused-ring (bicyclic) bond motifs is 1. The Kier molecular flexibility index (Phi) is 3.08. The van der Waals surface area contributed by atoms with Gasteiger partial charge < -0.3 is 4.57 Å². The van der Waals surface area contributed by atoms with Gasteiger partial charge in [0.15, 0.2) is 11.0 Å². The molecule has 96 valence electrons. The summed E-state index contributed by atoms with van der Waals surface area (Å²) in [5.74, 6) is 0.0981. The smallest absolute Gasteiger partial charge is 0.293 e. The van der Waals surface area contributed by atoms with Gasteiger partial charge >= 0.3 is 0 Å². The fraction of sp³-hybridized carbons (Fsp3) is 0.0833. The van der Waals surface area contributed by atoms with E-state index in [0.717, 1.165) is 14.7 Å². The van der Waals surface area contributed by atoms with Gasteiger partial charge in [-0.1, -0.05) is 17.4 Å². The zero-order valence-corrected chi connectivity index (χ0v) is 12.3. The maximum atomic E-state index is 12.0. The number of halogens is 1. The van der Waals surface area contributed by atoms with E-state index in [-0.39, 0.29) is 5.91 Å². The second kappa shape index (κ2) is 4.75. The summed E-state index contributed by atoms with van der Waals surface area (Å²) >= 11 is 4.87. The Labute approximate surface area is 121 Å². The van der Waals surface area contributed by atoms with Crippen LogP contribution in [-0.4, -0.2) is 20.4 Å². The first-order valence-corrected chi connectivity index (χ1v) is 7.10. The number of carbonyl (C=O) groups excluding carboxylic acids is 1. The number of para-hydroxylation sites is 1. The fourth-order valence-corrected chi connectivity index (χ4v) is 3.18. The number of carbonyl (C=O) groups is 1. The number of nitrogens with zero attached hydrogens (tertiary/aromatic N) is 3. The normalized spacial score (nSPS) is 10.8. The van der Waals surface area contributed by atoms with Crippen molar-refractivity contribution in [3.05, 3.63) is 40.9 Å². The van der Waals surface area contributed by atoms with Crippen LogP contribution in [0.2, 0.25) is 0 Å². The number of aryl methyl sites for hydroxylation is 1. The molecule has 3 rings (SSSR count). The van der Waals surface area contributed by atoms with E-state index in [1.54, 1.807) is 24.0 Å². The first kappa shape index (κ1) is 12.3. The largest absolute Gasteiger partial charge is 0.330 e. The Bertz CT molecular complexity index is 764. The predicted octanol–water partition coefficient (Wildman–Crippen LogP) is 3.04. The van der Waals surface area contributed by atoms with Crippen molar-refractivity contribution in [2.45, 2.75) is 0 Å². The molecule has 0 aliphatic rings. The first-order valence-electron chi connectivity index (χ1n) is 5.49. The number of amides is 1. The molecule has 0 unspecified atom stereocenters. The lowest BCUT2D eigenvalue weighted by atomic mass is 10.3. The topological polar surface area (TPSA) is 59.8 Å². The van der Waals surface area contributed by atoms with Gasteiger partial charge in [0, 0.05) is 23.9 Å². The van der Waals surface area contributed by atoms with E-state index in [1.807, 2.05) is 18.2 Å². The fourth-order valence-electron chi connectivity index (χ4n) is 1.71. The highest BCUT2D eigenvalue weighted by atomic mass is 79.9. The average molecular weight is 337 g/mol. The Morgan fingerprint density at radius 3 is 3.00 bits per heavy atom. The number of imidazole rings is 1. The van der Waals surface area contributed by atoms with Crippen LogP contribution in [0.5, 0.6) is 0 Å². The molecule has 0 aliphatic carbocycles. The minimum Gasteiger partial charge on any atom is -0.330 e. The zero-order valence-electron chi connectivity index (χ0n) is 9.92. The van der Waals surface area contributed by atoms with Crippen molar-refractivity contribution in [2.75, 3.05) is 5.32 Å². The van der Waals surface area contributed by atoms with Gasteiger partial charge in [-0.15, -0.1) is 0 Å². The molecule has 1 N–H and O–H groups in total. The van der Waals surface area contributed by atoms with Crippen LogP contribution < -0.4 is 5.32 Å². The third-order valence-electron chi connectivity index (χ3n) is 2.61. The highest BCUT2D eigenvalue weighted by Crippen LogP contribution is 2.30. The lowest BCUT2D eigenvalue weighted by Gasteiger charge is -2.00. The summed E-state index contributed by atoms with van der Waals surface area (Å²) in [6, 6.07) is 5.83. The number of aromatic nitrogens is 3. The van der Waals surface area contributed by atoms with E-state index < -0.39 is 0 Å². The Hall–Kier alpha value is -1.73. The average Bonchev–Trinajstić information content (AvgIpc) is 2.95. The minimum atomic E-state index is -0.261. The van der Waals surface area contributed by atoms with Crippen LogP contribution in [0, 0.1) is 0 Å². The van der Waals surface area contributed by atoms with Crippen LogP contribution in [0.15, 0.2) is 35.1 Å². The Balaban J connectivity index is 1.92. The maximum Gasteiger partial charge on any atom is 0.293 e. The standard InChI is InChI=1S/C12H9BrN4OS/c1-17-6-5-14-10(17)11(18)16-12-15-9-7(13)3-2-4-8(9)19-12/h2-6H,1H3,(H,15,16,18). The molecule has 7 heteroatoms. The second-order valence-corrected chi connectivity index (χ2v) is 5.81. The van der Waals surface area contributed by atoms with Gasteiger partial charge in [-0.2, -0.15) is 0 Å². The van der Waals surface area contributed by atoms with Gasteiger partial charge in [-0.05, 0) is 28.1 Å².